The molecule has 7 nitrogen and oxygen atoms in total. The van der Waals surface area contributed by atoms with E-state index in [1.54, 1.807) is 0 Å². The molecule has 19 heavy (non-hydrogen) atoms. The Morgan fingerprint density at radius 2 is 1.68 bits per heavy atom. The smallest absolute Gasteiger partial charge is 0.475 e. The van der Waals surface area contributed by atoms with Crippen molar-refractivity contribution in [1.82, 2.24) is 5.32 Å². The molecule has 10 heteroatoms. The Bertz CT molecular complexity index is 344. The van der Waals surface area contributed by atoms with Crippen LogP contribution in [0.4, 0.5) is 13.2 Å². The van der Waals surface area contributed by atoms with Crippen molar-refractivity contribution in [2.75, 3.05) is 6.61 Å². The molecule has 0 aliphatic carbocycles. The number of alkyl halides is 3. The molecule has 0 bridgehead atoms. The van der Waals surface area contributed by atoms with Crippen LogP contribution in [-0.4, -0.2) is 63.5 Å². The zero-order valence-corrected chi connectivity index (χ0v) is 9.50. The lowest BCUT2D eigenvalue weighted by atomic mass is 10.1. The number of aliphatic carboxylic acids is 1. The zero-order chi connectivity index (χ0) is 15.2. The Balaban J connectivity index is 0.000000399. The van der Waals surface area contributed by atoms with Crippen LogP contribution in [0.5, 0.6) is 0 Å². The molecule has 0 aromatic rings. The Labute approximate surface area is 105 Å². The third kappa shape index (κ3) is 5.39. The highest BCUT2D eigenvalue weighted by Crippen LogP contribution is 2.16. The minimum atomic E-state index is -5.08. The summed E-state index contributed by atoms with van der Waals surface area (Å²) < 4.78 is 31.7. The van der Waals surface area contributed by atoms with E-state index in [9.17, 15) is 23.4 Å². The Hall–Kier alpha value is -1.41. The number of nitrogens with one attached hydrogen (secondary N) is 1. The molecule has 110 valence electrons. The first-order chi connectivity index (χ1) is 8.65. The second kappa shape index (κ2) is 7.25. The maximum absolute atomic E-state index is 10.6. The van der Waals surface area contributed by atoms with Crippen molar-refractivity contribution in [2.45, 2.75) is 36.9 Å². The van der Waals surface area contributed by atoms with Crippen molar-refractivity contribution in [2.24, 2.45) is 0 Å². The van der Waals surface area contributed by atoms with Gasteiger partial charge in [-0.25, -0.2) is 4.79 Å². The van der Waals surface area contributed by atoms with Crippen LogP contribution in [0.2, 0.25) is 0 Å². The van der Waals surface area contributed by atoms with Crippen LogP contribution >= 0.6 is 0 Å². The van der Waals surface area contributed by atoms with E-state index in [2.05, 4.69) is 5.32 Å². The number of carboxylic acid groups (broad SMARTS) is 1. The highest BCUT2D eigenvalue weighted by atomic mass is 19.4. The van der Waals surface area contributed by atoms with Crippen molar-refractivity contribution in [3.05, 3.63) is 0 Å². The predicted molar refractivity (Wildman–Crippen MR) is 53.7 cm³/mol. The number of nitriles is 1. The Morgan fingerprint density at radius 1 is 1.26 bits per heavy atom. The standard InChI is InChI=1S/C7H12N2O3.C2HF3O2/c8-2-1-4-6(11)7(12)5(3-10)9-4;3-2(4,5)1(6)7/h4-7,9-12H,1,3H2;(H,6,7)/t4-,5+,6-,7+;/m0./s1. The summed E-state index contributed by atoms with van der Waals surface area (Å²) >= 11 is 0. The predicted octanol–water partition coefficient (Wildman–Crippen LogP) is -1.41. The number of nitrogens with zero attached hydrogens (tertiary/aromatic N) is 1. The van der Waals surface area contributed by atoms with Crippen molar-refractivity contribution in [3.63, 3.8) is 0 Å². The summed E-state index contributed by atoms with van der Waals surface area (Å²) in [4.78, 5) is 8.90. The van der Waals surface area contributed by atoms with Gasteiger partial charge in [-0.05, 0) is 0 Å². The molecular weight excluding hydrogens is 273 g/mol. The third-order valence-electron chi connectivity index (χ3n) is 2.35. The minimum Gasteiger partial charge on any atom is -0.475 e. The first kappa shape index (κ1) is 17.6. The maximum Gasteiger partial charge on any atom is 0.490 e. The summed E-state index contributed by atoms with van der Waals surface area (Å²) in [5, 5.41) is 45.5. The quantitative estimate of drug-likeness (QED) is 0.421. The van der Waals surface area contributed by atoms with Gasteiger partial charge in [-0.2, -0.15) is 18.4 Å². The van der Waals surface area contributed by atoms with E-state index in [0.717, 1.165) is 0 Å². The van der Waals surface area contributed by atoms with Crippen LogP contribution in [0.15, 0.2) is 0 Å². The van der Waals surface area contributed by atoms with E-state index in [1.165, 1.54) is 0 Å². The second-order valence-corrected chi connectivity index (χ2v) is 3.71. The monoisotopic (exact) mass is 286 g/mol. The molecule has 0 radical (unpaired) electrons. The van der Waals surface area contributed by atoms with Crippen LogP contribution in [0.1, 0.15) is 6.42 Å². The van der Waals surface area contributed by atoms with Crippen molar-refractivity contribution in [3.8, 4) is 6.07 Å². The van der Waals surface area contributed by atoms with E-state index >= 15 is 0 Å². The summed E-state index contributed by atoms with van der Waals surface area (Å²) in [5.41, 5.74) is 0. The average molecular weight is 286 g/mol. The number of rotatable bonds is 2. The molecule has 0 saturated carbocycles. The molecule has 1 aliphatic heterocycles. The molecule has 0 unspecified atom stereocenters. The largest absolute Gasteiger partial charge is 0.490 e. The lowest BCUT2D eigenvalue weighted by Gasteiger charge is -2.12. The molecule has 4 atom stereocenters. The fourth-order valence-corrected chi connectivity index (χ4v) is 1.39. The summed E-state index contributed by atoms with van der Waals surface area (Å²) in [5.74, 6) is -2.76. The Kier molecular flexibility index (Phi) is 6.71. The number of hydrogen-bond acceptors (Lipinski definition) is 6. The van der Waals surface area contributed by atoms with Crippen molar-refractivity contribution in [1.29, 1.82) is 5.26 Å². The Morgan fingerprint density at radius 3 is 1.95 bits per heavy atom. The SMILES string of the molecule is N#CC[C@@H]1N[C@H](CO)[C@@H](O)[C@H]1O.O=C(O)C(F)(F)F. The lowest BCUT2D eigenvalue weighted by Crippen LogP contribution is -2.36. The molecule has 0 aromatic heterocycles. The fourth-order valence-electron chi connectivity index (χ4n) is 1.39. The van der Waals surface area contributed by atoms with Gasteiger partial charge < -0.3 is 25.7 Å². The number of hydrogen-bond donors (Lipinski definition) is 5. The second-order valence-electron chi connectivity index (χ2n) is 3.71. The van der Waals surface area contributed by atoms with Gasteiger partial charge in [0.15, 0.2) is 0 Å². The van der Waals surface area contributed by atoms with Crippen LogP contribution in [0.3, 0.4) is 0 Å². The van der Waals surface area contributed by atoms with E-state index in [0.29, 0.717) is 0 Å². The summed E-state index contributed by atoms with van der Waals surface area (Å²) in [6.45, 7) is -0.236. The first-order valence-corrected chi connectivity index (χ1v) is 5.05. The number of carboxylic acids is 1. The molecule has 0 amide bonds. The van der Waals surface area contributed by atoms with E-state index in [1.807, 2.05) is 6.07 Å². The third-order valence-corrected chi connectivity index (χ3v) is 2.35. The van der Waals surface area contributed by atoms with Crippen molar-refractivity contribution >= 4 is 5.97 Å². The topological polar surface area (TPSA) is 134 Å². The summed E-state index contributed by atoms with van der Waals surface area (Å²) in [7, 11) is 0. The van der Waals surface area contributed by atoms with E-state index in [4.69, 9.17) is 20.3 Å². The summed E-state index contributed by atoms with van der Waals surface area (Å²) in [6.07, 6.45) is -6.88. The van der Waals surface area contributed by atoms with Crippen LogP contribution in [0, 0.1) is 11.3 Å². The summed E-state index contributed by atoms with van der Waals surface area (Å²) in [6, 6.07) is 0.946. The minimum absolute atomic E-state index is 0.134. The van der Waals surface area contributed by atoms with Crippen molar-refractivity contribution < 1.29 is 38.4 Å². The normalized spacial score (nSPS) is 30.2. The molecule has 1 rings (SSSR count). The van der Waals surface area contributed by atoms with Gasteiger partial charge in [0.1, 0.15) is 0 Å². The van der Waals surface area contributed by atoms with E-state index < -0.39 is 36.4 Å². The number of aliphatic hydroxyl groups excluding tert-OH is 3. The highest BCUT2D eigenvalue weighted by molar-refractivity contribution is 5.73. The number of aliphatic hydroxyl groups is 3. The van der Waals surface area contributed by atoms with Gasteiger partial charge in [0, 0.05) is 6.04 Å². The highest BCUT2D eigenvalue weighted by Gasteiger charge is 2.40. The molecule has 1 heterocycles. The molecule has 1 aliphatic rings. The molecular formula is C9H13F3N2O5. The van der Waals surface area contributed by atoms with Gasteiger partial charge in [-0.3, -0.25) is 0 Å². The average Bonchev–Trinajstić information content (AvgIpc) is 2.57. The first-order valence-electron chi connectivity index (χ1n) is 5.05. The van der Waals surface area contributed by atoms with E-state index in [-0.39, 0.29) is 13.0 Å². The molecule has 5 N–H and O–H groups in total. The zero-order valence-electron chi connectivity index (χ0n) is 9.50. The number of halogens is 3. The van der Waals surface area contributed by atoms with Gasteiger partial charge in [-0.15, -0.1) is 0 Å². The lowest BCUT2D eigenvalue weighted by molar-refractivity contribution is -0.192. The van der Waals surface area contributed by atoms with Gasteiger partial charge in [0.25, 0.3) is 0 Å². The van der Waals surface area contributed by atoms with Gasteiger partial charge in [0.05, 0.1) is 37.3 Å². The molecule has 0 aromatic carbocycles. The van der Waals surface area contributed by atoms with Gasteiger partial charge in [-0.1, -0.05) is 0 Å². The van der Waals surface area contributed by atoms with Gasteiger partial charge in [0.2, 0.25) is 0 Å². The maximum atomic E-state index is 10.6. The van der Waals surface area contributed by atoms with Gasteiger partial charge >= 0.3 is 12.1 Å². The van der Waals surface area contributed by atoms with Crippen LogP contribution < -0.4 is 5.32 Å². The fraction of sp³-hybridized carbons (Fsp3) is 0.778. The van der Waals surface area contributed by atoms with Crippen LogP contribution in [0.25, 0.3) is 0 Å². The molecule has 0 spiro atoms. The molecule has 1 saturated heterocycles. The number of carbonyl (C=O) groups is 1. The molecule has 1 fully saturated rings. The van der Waals surface area contributed by atoms with Crippen LogP contribution in [-0.2, 0) is 4.79 Å².